The normalized spacial score (nSPS) is 20.8. The summed E-state index contributed by atoms with van der Waals surface area (Å²) >= 11 is 0. The number of nitrogens with zero attached hydrogens (tertiary/aromatic N) is 2. The summed E-state index contributed by atoms with van der Waals surface area (Å²) in [5, 5.41) is 13.6. The van der Waals surface area contributed by atoms with Crippen LogP contribution in [0, 0.1) is 5.92 Å². The molecule has 1 saturated carbocycles. The number of hydrogen-bond acceptors (Lipinski definition) is 3. The quantitative estimate of drug-likeness (QED) is 0.687. The largest absolute Gasteiger partial charge is 0.377 e. The maximum Gasteiger partial charge on any atom is 0.160 e. The molecular formula is C19H20N4. The van der Waals surface area contributed by atoms with Crippen LogP contribution in [0.1, 0.15) is 43.7 Å². The fraction of sp³-hybridized carbons (Fsp3) is 0.368. The first-order valence-electron chi connectivity index (χ1n) is 8.60. The van der Waals surface area contributed by atoms with Gasteiger partial charge in [0.25, 0.3) is 0 Å². The summed E-state index contributed by atoms with van der Waals surface area (Å²) < 4.78 is 0. The number of aromatic nitrogens is 3. The van der Waals surface area contributed by atoms with Crippen LogP contribution in [0.15, 0.2) is 36.7 Å². The van der Waals surface area contributed by atoms with Crippen LogP contribution in [0.25, 0.3) is 22.2 Å². The van der Waals surface area contributed by atoms with Gasteiger partial charge in [-0.1, -0.05) is 37.5 Å². The van der Waals surface area contributed by atoms with Gasteiger partial charge in [0.1, 0.15) is 0 Å². The Kier molecular flexibility index (Phi) is 2.90. The Morgan fingerprint density at radius 2 is 1.87 bits per heavy atom. The number of fused-ring (bicyclic) bond motifs is 2. The highest BCUT2D eigenvalue weighted by Gasteiger charge is 2.31. The van der Waals surface area contributed by atoms with Gasteiger partial charge in [-0.15, -0.1) is 5.10 Å². The smallest absolute Gasteiger partial charge is 0.160 e. The van der Waals surface area contributed by atoms with Gasteiger partial charge in [-0.05, 0) is 24.8 Å². The molecule has 1 fully saturated rings. The van der Waals surface area contributed by atoms with Crippen LogP contribution in [0.3, 0.4) is 0 Å². The molecule has 0 bridgehead atoms. The van der Waals surface area contributed by atoms with Crippen LogP contribution in [-0.4, -0.2) is 15.2 Å². The molecule has 1 aromatic carbocycles. The van der Waals surface area contributed by atoms with Crippen molar-refractivity contribution in [3.63, 3.8) is 0 Å². The fourth-order valence-corrected chi connectivity index (χ4v) is 4.38. The zero-order chi connectivity index (χ0) is 15.2. The molecule has 5 rings (SSSR count). The predicted octanol–water partition coefficient (Wildman–Crippen LogP) is 4.67. The van der Waals surface area contributed by atoms with Gasteiger partial charge in [0.15, 0.2) is 5.65 Å². The standard InChI is InChI=1S/C19H20N4/c1-2-6-12(7-3-1)18-15-10-20-19-17(15)14(11-21-23-19)13-8-4-5-9-16(13)22-18/h4-5,8-12,18,22H,1-3,6-7H2,(H,20,23). The molecule has 2 aliphatic rings. The number of anilines is 1. The van der Waals surface area contributed by atoms with Crippen LogP contribution >= 0.6 is 0 Å². The van der Waals surface area contributed by atoms with Crippen LogP contribution in [0.2, 0.25) is 0 Å². The summed E-state index contributed by atoms with van der Waals surface area (Å²) in [7, 11) is 0. The second-order valence-electron chi connectivity index (χ2n) is 6.79. The van der Waals surface area contributed by atoms with Crippen molar-refractivity contribution in [3.05, 3.63) is 42.2 Å². The van der Waals surface area contributed by atoms with Crippen LogP contribution in [0.4, 0.5) is 5.69 Å². The lowest BCUT2D eigenvalue weighted by Crippen LogP contribution is -2.22. The Morgan fingerprint density at radius 1 is 1.00 bits per heavy atom. The van der Waals surface area contributed by atoms with Crippen molar-refractivity contribution in [2.75, 3.05) is 5.32 Å². The minimum atomic E-state index is 0.357. The van der Waals surface area contributed by atoms with Crippen LogP contribution in [0.5, 0.6) is 0 Å². The molecule has 4 nitrogen and oxygen atoms in total. The Morgan fingerprint density at radius 3 is 2.78 bits per heavy atom. The van der Waals surface area contributed by atoms with E-state index in [4.69, 9.17) is 0 Å². The molecule has 3 aromatic rings. The minimum Gasteiger partial charge on any atom is -0.377 e. The van der Waals surface area contributed by atoms with Gasteiger partial charge in [-0.2, -0.15) is 5.10 Å². The number of hydrogen-bond donors (Lipinski definition) is 2. The van der Waals surface area contributed by atoms with Crippen LogP contribution < -0.4 is 5.32 Å². The summed E-state index contributed by atoms with van der Waals surface area (Å²) in [6.07, 6.45) is 10.7. The zero-order valence-corrected chi connectivity index (χ0v) is 13.0. The van der Waals surface area contributed by atoms with Crippen molar-refractivity contribution in [1.29, 1.82) is 0 Å². The average molecular weight is 304 g/mol. The Hall–Kier alpha value is -2.36. The van der Waals surface area contributed by atoms with E-state index in [2.05, 4.69) is 51.0 Å². The molecular weight excluding hydrogens is 284 g/mol. The van der Waals surface area contributed by atoms with Gasteiger partial charge in [0.05, 0.1) is 12.2 Å². The average Bonchev–Trinajstić information content (AvgIpc) is 2.98. The number of aromatic amines is 1. The highest BCUT2D eigenvalue weighted by Crippen LogP contribution is 2.45. The van der Waals surface area contributed by atoms with Gasteiger partial charge in [0.2, 0.25) is 0 Å². The predicted molar refractivity (Wildman–Crippen MR) is 92.3 cm³/mol. The third-order valence-corrected chi connectivity index (χ3v) is 5.49. The highest BCUT2D eigenvalue weighted by molar-refractivity contribution is 6.00. The molecule has 0 amide bonds. The third kappa shape index (κ3) is 1.97. The molecule has 116 valence electrons. The van der Waals surface area contributed by atoms with E-state index in [1.165, 1.54) is 59.9 Å². The molecule has 0 saturated heterocycles. The van der Waals surface area contributed by atoms with E-state index in [1.54, 1.807) is 0 Å². The van der Waals surface area contributed by atoms with Crippen molar-refractivity contribution in [2.45, 2.75) is 38.1 Å². The molecule has 1 unspecified atom stereocenters. The summed E-state index contributed by atoms with van der Waals surface area (Å²) in [4.78, 5) is 3.33. The van der Waals surface area contributed by atoms with Crippen molar-refractivity contribution in [1.82, 2.24) is 15.2 Å². The molecule has 1 aliphatic carbocycles. The first-order valence-corrected chi connectivity index (χ1v) is 8.60. The lowest BCUT2D eigenvalue weighted by atomic mass is 9.81. The van der Waals surface area contributed by atoms with E-state index in [-0.39, 0.29) is 0 Å². The van der Waals surface area contributed by atoms with E-state index in [9.17, 15) is 0 Å². The summed E-state index contributed by atoms with van der Waals surface area (Å²) in [5.41, 5.74) is 5.89. The van der Waals surface area contributed by atoms with E-state index >= 15 is 0 Å². The molecule has 3 heterocycles. The number of rotatable bonds is 1. The van der Waals surface area contributed by atoms with Crippen molar-refractivity contribution in [3.8, 4) is 11.1 Å². The fourth-order valence-electron chi connectivity index (χ4n) is 4.38. The monoisotopic (exact) mass is 304 g/mol. The second kappa shape index (κ2) is 5.08. The van der Waals surface area contributed by atoms with E-state index in [0.717, 1.165) is 5.65 Å². The van der Waals surface area contributed by atoms with Gasteiger partial charge >= 0.3 is 0 Å². The molecule has 23 heavy (non-hydrogen) atoms. The molecule has 1 atom stereocenters. The topological polar surface area (TPSA) is 53.6 Å². The van der Waals surface area contributed by atoms with Gasteiger partial charge in [-0.25, -0.2) is 0 Å². The van der Waals surface area contributed by atoms with Crippen molar-refractivity contribution in [2.24, 2.45) is 5.92 Å². The number of benzene rings is 1. The molecule has 2 aromatic heterocycles. The van der Waals surface area contributed by atoms with E-state index in [1.807, 2.05) is 6.20 Å². The SMILES string of the molecule is c1ccc2c(c1)NC(C1CCCCC1)c1c[nH]c3nncc-2c13. The van der Waals surface area contributed by atoms with Gasteiger partial charge < -0.3 is 10.3 Å². The maximum atomic E-state index is 4.31. The molecule has 0 spiro atoms. The molecule has 1 aliphatic heterocycles. The Labute approximate surface area is 135 Å². The lowest BCUT2D eigenvalue weighted by molar-refractivity contribution is 0.322. The number of para-hydroxylation sites is 1. The molecule has 4 heteroatoms. The minimum absolute atomic E-state index is 0.357. The van der Waals surface area contributed by atoms with E-state index < -0.39 is 0 Å². The van der Waals surface area contributed by atoms with Gasteiger partial charge in [0, 0.05) is 34.0 Å². The zero-order valence-electron chi connectivity index (χ0n) is 13.0. The first-order chi connectivity index (χ1) is 11.4. The second-order valence-corrected chi connectivity index (χ2v) is 6.79. The van der Waals surface area contributed by atoms with Crippen molar-refractivity contribution >= 4 is 16.7 Å². The number of H-pyrrole nitrogens is 1. The Bertz CT molecular complexity index is 861. The van der Waals surface area contributed by atoms with E-state index in [0.29, 0.717) is 12.0 Å². The van der Waals surface area contributed by atoms with Crippen molar-refractivity contribution < 1.29 is 0 Å². The summed E-state index contributed by atoms with van der Waals surface area (Å²) in [6.45, 7) is 0. The summed E-state index contributed by atoms with van der Waals surface area (Å²) in [5.74, 6) is 0.690. The molecule has 0 radical (unpaired) electrons. The highest BCUT2D eigenvalue weighted by atomic mass is 15.1. The third-order valence-electron chi connectivity index (χ3n) is 5.49. The maximum absolute atomic E-state index is 4.31. The molecule has 2 N–H and O–H groups in total. The Balaban J connectivity index is 1.76. The lowest BCUT2D eigenvalue weighted by Gasteiger charge is -2.31. The van der Waals surface area contributed by atoms with Gasteiger partial charge in [-0.3, -0.25) is 0 Å². The van der Waals surface area contributed by atoms with Crippen LogP contribution in [-0.2, 0) is 0 Å². The number of nitrogens with one attached hydrogen (secondary N) is 2. The first kappa shape index (κ1) is 13.1. The summed E-state index contributed by atoms with van der Waals surface area (Å²) in [6, 6.07) is 8.93.